The summed E-state index contributed by atoms with van der Waals surface area (Å²) in [5, 5.41) is 4.87. The van der Waals surface area contributed by atoms with Crippen molar-refractivity contribution in [2.45, 2.75) is 19.4 Å². The van der Waals surface area contributed by atoms with Crippen molar-refractivity contribution in [3.8, 4) is 0 Å². The molecule has 96 valence electrons. The Balaban J connectivity index is 1.88. The van der Waals surface area contributed by atoms with Crippen molar-refractivity contribution in [2.24, 2.45) is 0 Å². The molecule has 3 nitrogen and oxygen atoms in total. The molecule has 3 rings (SSSR count). The molecule has 0 bridgehead atoms. The molecule has 1 aromatic heterocycles. The summed E-state index contributed by atoms with van der Waals surface area (Å²) >= 11 is 0. The van der Waals surface area contributed by atoms with E-state index in [-0.39, 0.29) is 0 Å². The maximum atomic E-state index is 3.49. The first-order valence-corrected chi connectivity index (χ1v) is 6.72. The van der Waals surface area contributed by atoms with Gasteiger partial charge in [0.25, 0.3) is 0 Å². The Bertz CT molecular complexity index is 544. The lowest BCUT2D eigenvalue weighted by Gasteiger charge is -2.33. The number of aromatic nitrogens is 1. The monoisotopic (exact) mass is 243 g/mol. The van der Waals surface area contributed by atoms with Crippen molar-refractivity contribution >= 4 is 10.9 Å². The zero-order valence-electron chi connectivity index (χ0n) is 11.2. The third kappa shape index (κ3) is 2.04. The number of likely N-dealkylation sites (N-methyl/N-ethyl adjacent to an activating group) is 1. The highest BCUT2D eigenvalue weighted by Gasteiger charge is 2.20. The van der Waals surface area contributed by atoms with E-state index in [1.54, 1.807) is 0 Å². The predicted octanol–water partition coefficient (Wildman–Crippen LogP) is 1.92. The normalized spacial score (nSPS) is 21.6. The lowest BCUT2D eigenvalue weighted by atomic mass is 10.0. The second kappa shape index (κ2) is 4.75. The molecule has 0 radical (unpaired) electrons. The molecule has 3 heteroatoms. The molecular weight excluding hydrogens is 222 g/mol. The number of aryl methyl sites for hydroxylation is 1. The average molecular weight is 243 g/mol. The van der Waals surface area contributed by atoms with Crippen molar-refractivity contribution < 1.29 is 0 Å². The van der Waals surface area contributed by atoms with Crippen molar-refractivity contribution in [3.05, 3.63) is 35.5 Å². The van der Waals surface area contributed by atoms with Gasteiger partial charge in [0.1, 0.15) is 0 Å². The Morgan fingerprint density at radius 2 is 2.28 bits per heavy atom. The number of hydrogen-bond donors (Lipinski definition) is 2. The zero-order valence-corrected chi connectivity index (χ0v) is 11.2. The van der Waals surface area contributed by atoms with Gasteiger partial charge >= 0.3 is 0 Å². The number of piperazine rings is 1. The molecule has 1 fully saturated rings. The van der Waals surface area contributed by atoms with E-state index in [0.717, 1.165) is 26.1 Å². The Kier molecular flexibility index (Phi) is 3.10. The van der Waals surface area contributed by atoms with Crippen molar-refractivity contribution in [2.75, 3.05) is 26.7 Å². The molecule has 0 aliphatic carbocycles. The molecule has 18 heavy (non-hydrogen) atoms. The number of nitrogens with one attached hydrogen (secondary N) is 2. The smallest absolute Gasteiger partial charge is 0.0486 e. The van der Waals surface area contributed by atoms with Gasteiger partial charge in [-0.05, 0) is 31.5 Å². The molecule has 1 aliphatic rings. The van der Waals surface area contributed by atoms with Gasteiger partial charge in [0.15, 0.2) is 0 Å². The van der Waals surface area contributed by atoms with E-state index in [9.17, 15) is 0 Å². The number of H-pyrrole nitrogens is 1. The van der Waals surface area contributed by atoms with Crippen LogP contribution in [0.25, 0.3) is 10.9 Å². The third-order valence-corrected chi connectivity index (χ3v) is 4.11. The number of para-hydroxylation sites is 1. The fourth-order valence-electron chi connectivity index (χ4n) is 2.88. The first-order chi connectivity index (χ1) is 8.75. The van der Waals surface area contributed by atoms with Crippen LogP contribution >= 0.6 is 0 Å². The van der Waals surface area contributed by atoms with Crippen molar-refractivity contribution in [1.82, 2.24) is 15.2 Å². The summed E-state index contributed by atoms with van der Waals surface area (Å²) in [6.45, 7) is 5.51. The van der Waals surface area contributed by atoms with Crippen LogP contribution in [0.3, 0.4) is 0 Å². The first-order valence-electron chi connectivity index (χ1n) is 6.72. The van der Waals surface area contributed by atoms with E-state index < -0.39 is 0 Å². The van der Waals surface area contributed by atoms with Crippen LogP contribution in [0.5, 0.6) is 0 Å². The molecule has 0 spiro atoms. The van der Waals surface area contributed by atoms with Gasteiger partial charge in [-0.15, -0.1) is 0 Å². The van der Waals surface area contributed by atoms with E-state index in [4.69, 9.17) is 0 Å². The van der Waals surface area contributed by atoms with E-state index in [1.165, 1.54) is 22.0 Å². The van der Waals surface area contributed by atoms with Crippen molar-refractivity contribution in [3.63, 3.8) is 0 Å². The molecule has 2 aromatic rings. The van der Waals surface area contributed by atoms with E-state index in [1.807, 2.05) is 0 Å². The van der Waals surface area contributed by atoms with Crippen LogP contribution in [0.15, 0.2) is 24.4 Å². The van der Waals surface area contributed by atoms with E-state index in [0.29, 0.717) is 6.04 Å². The van der Waals surface area contributed by atoms with Crippen molar-refractivity contribution in [1.29, 1.82) is 0 Å². The molecule has 1 aliphatic heterocycles. The van der Waals surface area contributed by atoms with Crippen LogP contribution in [0.2, 0.25) is 0 Å². The first kappa shape index (κ1) is 11.8. The van der Waals surface area contributed by atoms with Gasteiger partial charge in [0.05, 0.1) is 0 Å². The maximum Gasteiger partial charge on any atom is 0.0486 e. The van der Waals surface area contributed by atoms with Gasteiger partial charge in [-0.2, -0.15) is 0 Å². The van der Waals surface area contributed by atoms with Crippen LogP contribution < -0.4 is 5.32 Å². The number of aromatic amines is 1. The largest absolute Gasteiger partial charge is 0.361 e. The molecule has 1 aromatic carbocycles. The Hall–Kier alpha value is -1.32. The number of nitrogens with zero attached hydrogens (tertiary/aromatic N) is 1. The number of benzene rings is 1. The minimum absolute atomic E-state index is 0.610. The second-order valence-corrected chi connectivity index (χ2v) is 5.35. The summed E-state index contributed by atoms with van der Waals surface area (Å²) in [6, 6.07) is 7.15. The molecule has 0 amide bonds. The van der Waals surface area contributed by atoms with Gasteiger partial charge < -0.3 is 15.2 Å². The minimum Gasteiger partial charge on any atom is -0.361 e. The highest BCUT2D eigenvalue weighted by molar-refractivity contribution is 5.85. The van der Waals surface area contributed by atoms with E-state index in [2.05, 4.69) is 53.6 Å². The van der Waals surface area contributed by atoms with Crippen LogP contribution in [0.1, 0.15) is 11.1 Å². The standard InChI is InChI=1S/C15H21N3/c1-11-4-3-5-14-12(9-17-15(11)14)8-13-10-16-6-7-18(13)2/h3-5,9,13,16-17H,6-8,10H2,1-2H3. The lowest BCUT2D eigenvalue weighted by Crippen LogP contribution is -2.50. The molecule has 1 saturated heterocycles. The summed E-state index contributed by atoms with van der Waals surface area (Å²) in [6.07, 6.45) is 3.30. The van der Waals surface area contributed by atoms with Crippen LogP contribution in [-0.2, 0) is 6.42 Å². The summed E-state index contributed by atoms with van der Waals surface area (Å²) < 4.78 is 0. The second-order valence-electron chi connectivity index (χ2n) is 5.35. The summed E-state index contributed by atoms with van der Waals surface area (Å²) in [5.74, 6) is 0. The summed E-state index contributed by atoms with van der Waals surface area (Å²) in [4.78, 5) is 5.89. The number of rotatable bonds is 2. The lowest BCUT2D eigenvalue weighted by molar-refractivity contribution is 0.199. The fraction of sp³-hybridized carbons (Fsp3) is 0.467. The molecule has 0 saturated carbocycles. The average Bonchev–Trinajstić information content (AvgIpc) is 2.77. The SMILES string of the molecule is Cc1cccc2c(CC3CNCCN3C)c[nH]c12. The predicted molar refractivity (Wildman–Crippen MR) is 76.0 cm³/mol. The topological polar surface area (TPSA) is 31.1 Å². The quantitative estimate of drug-likeness (QED) is 0.844. The number of hydrogen-bond acceptors (Lipinski definition) is 2. The number of fused-ring (bicyclic) bond motifs is 1. The Morgan fingerprint density at radius 1 is 1.39 bits per heavy atom. The molecular formula is C15H21N3. The third-order valence-electron chi connectivity index (χ3n) is 4.11. The highest BCUT2D eigenvalue weighted by Crippen LogP contribution is 2.23. The van der Waals surface area contributed by atoms with Gasteiger partial charge in [0.2, 0.25) is 0 Å². The molecule has 2 N–H and O–H groups in total. The molecule has 1 atom stereocenters. The molecule has 2 heterocycles. The van der Waals surface area contributed by atoms with Gasteiger partial charge in [-0.1, -0.05) is 18.2 Å². The van der Waals surface area contributed by atoms with E-state index >= 15 is 0 Å². The minimum atomic E-state index is 0.610. The highest BCUT2D eigenvalue weighted by atomic mass is 15.2. The Labute approximate surface area is 108 Å². The molecule has 1 unspecified atom stereocenters. The van der Waals surface area contributed by atoms with Crippen LogP contribution in [0.4, 0.5) is 0 Å². The summed E-state index contributed by atoms with van der Waals surface area (Å²) in [5.41, 5.74) is 4.06. The summed E-state index contributed by atoms with van der Waals surface area (Å²) in [7, 11) is 2.23. The van der Waals surface area contributed by atoms with Crippen LogP contribution in [-0.4, -0.2) is 42.6 Å². The zero-order chi connectivity index (χ0) is 12.5. The van der Waals surface area contributed by atoms with Gasteiger partial charge in [-0.3, -0.25) is 0 Å². The maximum absolute atomic E-state index is 3.49. The van der Waals surface area contributed by atoms with Crippen LogP contribution in [0, 0.1) is 6.92 Å². The fourth-order valence-corrected chi connectivity index (χ4v) is 2.88. The van der Waals surface area contributed by atoms with Gasteiger partial charge in [0, 0.05) is 42.8 Å². The van der Waals surface area contributed by atoms with Gasteiger partial charge in [-0.25, -0.2) is 0 Å². The Morgan fingerprint density at radius 3 is 3.11 bits per heavy atom.